The van der Waals surface area contributed by atoms with E-state index in [1.54, 1.807) is 0 Å². The minimum atomic E-state index is -0.798. The lowest BCUT2D eigenvalue weighted by Crippen LogP contribution is -2.46. The molecule has 3 unspecified atom stereocenters. The number of hydrogen-bond acceptors (Lipinski definition) is 5. The van der Waals surface area contributed by atoms with Gasteiger partial charge in [0, 0.05) is 6.42 Å². The molecule has 0 saturated heterocycles. The van der Waals surface area contributed by atoms with Crippen LogP contribution in [0.15, 0.2) is 60.8 Å². The molecule has 0 spiro atoms. The van der Waals surface area contributed by atoms with E-state index in [4.69, 9.17) is 4.74 Å². The highest BCUT2D eigenvalue weighted by atomic mass is 16.5. The lowest BCUT2D eigenvalue weighted by Gasteiger charge is -2.24. The summed E-state index contributed by atoms with van der Waals surface area (Å²) in [5.74, 6) is -0.510. The zero-order valence-electron chi connectivity index (χ0n) is 41.7. The third-order valence-electron chi connectivity index (χ3n) is 12.1. The molecule has 0 rings (SSSR count). The maximum Gasteiger partial charge on any atom is 0.306 e. The Morgan fingerprint density at radius 1 is 0.492 bits per heavy atom. The number of aliphatic hydroxyl groups is 2. The zero-order valence-corrected chi connectivity index (χ0v) is 41.7. The summed E-state index contributed by atoms with van der Waals surface area (Å²) in [6.45, 7) is 6.32. The van der Waals surface area contributed by atoms with E-state index in [2.05, 4.69) is 80.8 Å². The second-order valence-corrected chi connectivity index (χ2v) is 18.3. The van der Waals surface area contributed by atoms with Crippen LogP contribution in [0.5, 0.6) is 0 Å². The normalized spacial score (nSPS) is 13.7. The first-order valence-electron chi connectivity index (χ1n) is 27.0. The summed E-state index contributed by atoms with van der Waals surface area (Å²) in [4.78, 5) is 26.2. The van der Waals surface area contributed by atoms with Gasteiger partial charge in [0.05, 0.1) is 25.2 Å². The highest BCUT2D eigenvalue weighted by molar-refractivity contribution is 5.77. The monoisotopic (exact) mass is 882 g/mol. The first kappa shape index (κ1) is 60.6. The van der Waals surface area contributed by atoms with Gasteiger partial charge in [-0.2, -0.15) is 0 Å². The van der Waals surface area contributed by atoms with E-state index in [1.165, 1.54) is 141 Å². The standard InChI is InChI=1S/C57H103NO5/c1-4-7-10-13-16-19-22-24-26-27-28-29-30-32-35-38-41-44-47-50-57(62)63-53(48-45-42-39-36-33-21-18-15-12-9-6-3)51-56(61)58-54(52-59)55(60)49-46-43-40-37-34-31-25-23-20-17-14-11-8-5-2/h9,12,15-16,18-19,21,24,26,33,53-55,59-60H,4-8,10-11,13-14,17,20,22-23,25,27-32,34-52H2,1-3H3,(H,58,61)/b12-9+,18-15+,19-16-,26-24-,33-21-. The molecule has 3 N–H and O–H groups in total. The number of ether oxygens (including phenoxy) is 1. The molecule has 3 atom stereocenters. The van der Waals surface area contributed by atoms with Crippen molar-refractivity contribution in [3.63, 3.8) is 0 Å². The molecule has 0 bridgehead atoms. The summed E-state index contributed by atoms with van der Waals surface area (Å²) in [7, 11) is 0. The van der Waals surface area contributed by atoms with Crippen LogP contribution in [0.2, 0.25) is 0 Å². The van der Waals surface area contributed by atoms with Crippen molar-refractivity contribution in [2.75, 3.05) is 6.61 Å². The smallest absolute Gasteiger partial charge is 0.306 e. The Bertz CT molecular complexity index is 1130. The minimum Gasteiger partial charge on any atom is -0.462 e. The lowest BCUT2D eigenvalue weighted by atomic mass is 10.0. The van der Waals surface area contributed by atoms with Gasteiger partial charge < -0.3 is 20.3 Å². The Labute approximate surface area is 390 Å². The summed E-state index contributed by atoms with van der Waals surface area (Å²) in [6, 6.07) is -0.714. The van der Waals surface area contributed by atoms with Crippen molar-refractivity contribution in [1.82, 2.24) is 5.32 Å². The number of carbonyl (C=O) groups excluding carboxylic acids is 2. The Morgan fingerprint density at radius 2 is 0.921 bits per heavy atom. The number of amides is 1. The Kier molecular flexibility index (Phi) is 48.6. The molecule has 0 aliphatic heterocycles. The van der Waals surface area contributed by atoms with E-state index >= 15 is 0 Å². The van der Waals surface area contributed by atoms with Gasteiger partial charge in [0.15, 0.2) is 0 Å². The molecule has 63 heavy (non-hydrogen) atoms. The van der Waals surface area contributed by atoms with Crippen LogP contribution in [0.3, 0.4) is 0 Å². The van der Waals surface area contributed by atoms with Gasteiger partial charge >= 0.3 is 5.97 Å². The van der Waals surface area contributed by atoms with Gasteiger partial charge in [0.2, 0.25) is 5.91 Å². The fourth-order valence-electron chi connectivity index (χ4n) is 8.05. The largest absolute Gasteiger partial charge is 0.462 e. The van der Waals surface area contributed by atoms with Crippen molar-refractivity contribution < 1.29 is 24.5 Å². The third-order valence-corrected chi connectivity index (χ3v) is 12.1. The number of allylic oxidation sites excluding steroid dienone is 10. The number of aliphatic hydroxyl groups excluding tert-OH is 2. The van der Waals surface area contributed by atoms with Crippen LogP contribution < -0.4 is 5.32 Å². The van der Waals surface area contributed by atoms with Gasteiger partial charge in [-0.3, -0.25) is 9.59 Å². The van der Waals surface area contributed by atoms with E-state index in [-0.39, 0.29) is 24.9 Å². The van der Waals surface area contributed by atoms with E-state index < -0.39 is 18.2 Å². The Balaban J connectivity index is 4.50. The first-order chi connectivity index (χ1) is 31.0. The van der Waals surface area contributed by atoms with Crippen molar-refractivity contribution in [3.8, 4) is 0 Å². The number of nitrogens with one attached hydrogen (secondary N) is 1. The molecule has 0 radical (unpaired) electrons. The molecule has 1 amide bonds. The van der Waals surface area contributed by atoms with Crippen molar-refractivity contribution in [3.05, 3.63) is 60.8 Å². The molecule has 0 heterocycles. The van der Waals surface area contributed by atoms with Gasteiger partial charge in [-0.1, -0.05) is 236 Å². The molecular weight excluding hydrogens is 779 g/mol. The molecule has 6 nitrogen and oxygen atoms in total. The summed E-state index contributed by atoms with van der Waals surface area (Å²) < 4.78 is 5.92. The molecule has 0 fully saturated rings. The number of unbranched alkanes of at least 4 members (excludes halogenated alkanes) is 28. The van der Waals surface area contributed by atoms with Crippen LogP contribution in [0.1, 0.15) is 265 Å². The van der Waals surface area contributed by atoms with Crippen molar-refractivity contribution >= 4 is 11.9 Å². The van der Waals surface area contributed by atoms with E-state index in [9.17, 15) is 19.8 Å². The van der Waals surface area contributed by atoms with E-state index in [1.807, 2.05) is 6.08 Å². The quantitative estimate of drug-likeness (QED) is 0.0245. The van der Waals surface area contributed by atoms with Crippen LogP contribution in [0.4, 0.5) is 0 Å². The van der Waals surface area contributed by atoms with Gasteiger partial charge in [0.1, 0.15) is 6.10 Å². The van der Waals surface area contributed by atoms with Gasteiger partial charge in [-0.25, -0.2) is 0 Å². The van der Waals surface area contributed by atoms with Crippen molar-refractivity contribution in [2.45, 2.75) is 283 Å². The molecule has 0 aromatic rings. The van der Waals surface area contributed by atoms with Gasteiger partial charge in [0.25, 0.3) is 0 Å². The minimum absolute atomic E-state index is 0.0522. The van der Waals surface area contributed by atoms with Crippen LogP contribution in [-0.4, -0.2) is 46.9 Å². The first-order valence-corrected chi connectivity index (χ1v) is 27.0. The maximum absolute atomic E-state index is 13.2. The average molecular weight is 882 g/mol. The summed E-state index contributed by atoms with van der Waals surface area (Å²) in [5.41, 5.74) is 0. The van der Waals surface area contributed by atoms with Crippen molar-refractivity contribution in [1.29, 1.82) is 0 Å². The number of carbonyl (C=O) groups is 2. The molecule has 0 aliphatic rings. The zero-order chi connectivity index (χ0) is 45.9. The highest BCUT2D eigenvalue weighted by Crippen LogP contribution is 2.18. The molecule has 0 aromatic carbocycles. The lowest BCUT2D eigenvalue weighted by molar-refractivity contribution is -0.151. The second kappa shape index (κ2) is 50.6. The SMILES string of the molecule is CC/C=C/C=C/C=C\CCCCCC(CC(=O)NC(CO)C(O)CCCCCCCCCCCCCCCC)OC(=O)CCCCCCCCCCC/C=C\C/C=C\CCCCC. The maximum atomic E-state index is 13.2. The van der Waals surface area contributed by atoms with Gasteiger partial charge in [-0.05, 0) is 77.0 Å². The second-order valence-electron chi connectivity index (χ2n) is 18.3. The predicted molar refractivity (Wildman–Crippen MR) is 273 cm³/mol. The Morgan fingerprint density at radius 3 is 1.46 bits per heavy atom. The van der Waals surface area contributed by atoms with E-state index in [0.717, 1.165) is 77.0 Å². The van der Waals surface area contributed by atoms with E-state index in [0.29, 0.717) is 19.3 Å². The summed E-state index contributed by atoms with van der Waals surface area (Å²) in [5, 5.41) is 23.8. The highest BCUT2D eigenvalue weighted by Gasteiger charge is 2.24. The number of hydrogen-bond donors (Lipinski definition) is 3. The topological polar surface area (TPSA) is 95.9 Å². The fourth-order valence-corrected chi connectivity index (χ4v) is 8.05. The summed E-state index contributed by atoms with van der Waals surface area (Å²) >= 11 is 0. The van der Waals surface area contributed by atoms with Crippen LogP contribution in [0.25, 0.3) is 0 Å². The molecule has 366 valence electrons. The van der Waals surface area contributed by atoms with Gasteiger partial charge in [-0.15, -0.1) is 0 Å². The molecular formula is C57H103NO5. The number of rotatable bonds is 48. The Hall–Kier alpha value is -2.44. The van der Waals surface area contributed by atoms with Crippen molar-refractivity contribution in [2.24, 2.45) is 0 Å². The molecule has 0 saturated carbocycles. The fraction of sp³-hybridized carbons (Fsp3) is 0.789. The summed E-state index contributed by atoms with van der Waals surface area (Å²) in [6.07, 6.45) is 62.9. The molecule has 0 aromatic heterocycles. The third kappa shape index (κ3) is 45.9. The predicted octanol–water partition coefficient (Wildman–Crippen LogP) is 16.4. The van der Waals surface area contributed by atoms with Crippen LogP contribution in [0, 0.1) is 0 Å². The molecule has 6 heteroatoms. The molecule has 0 aliphatic carbocycles. The van der Waals surface area contributed by atoms with Crippen LogP contribution >= 0.6 is 0 Å². The van der Waals surface area contributed by atoms with Crippen LogP contribution in [-0.2, 0) is 14.3 Å². The average Bonchev–Trinajstić information content (AvgIpc) is 3.28. The number of esters is 1.